The van der Waals surface area contributed by atoms with Crippen molar-refractivity contribution in [3.8, 4) is 11.5 Å². The van der Waals surface area contributed by atoms with Crippen molar-refractivity contribution in [3.63, 3.8) is 0 Å². The molecule has 1 aromatic carbocycles. The fraction of sp³-hybridized carbons (Fsp3) is 0.500. The first kappa shape index (κ1) is 16.9. The largest absolute Gasteiger partial charge is 0.493 e. The molecule has 0 atom stereocenters. The quantitative estimate of drug-likeness (QED) is 0.633. The van der Waals surface area contributed by atoms with E-state index in [1.807, 2.05) is 4.90 Å². The fourth-order valence-electron chi connectivity index (χ4n) is 2.50. The number of hydrogen-bond acceptors (Lipinski definition) is 4. The summed E-state index contributed by atoms with van der Waals surface area (Å²) in [7, 11) is 3.14. The monoisotopic (exact) mass is 320 g/mol. The lowest BCUT2D eigenvalue weighted by Crippen LogP contribution is -2.37. The van der Waals surface area contributed by atoms with E-state index in [2.05, 4.69) is 10.3 Å². The summed E-state index contributed by atoms with van der Waals surface area (Å²) >= 11 is 0. The van der Waals surface area contributed by atoms with Gasteiger partial charge in [-0.1, -0.05) is 0 Å². The average molecular weight is 320 g/mol. The molecule has 2 rings (SSSR count). The molecule has 23 heavy (non-hydrogen) atoms. The number of methoxy groups -OCH3 is 2. The van der Waals surface area contributed by atoms with Crippen LogP contribution in [0.5, 0.6) is 11.5 Å². The lowest BCUT2D eigenvalue weighted by atomic mass is 10.1. The van der Waals surface area contributed by atoms with Crippen LogP contribution < -0.4 is 20.5 Å². The van der Waals surface area contributed by atoms with Crippen molar-refractivity contribution in [3.05, 3.63) is 18.2 Å². The molecule has 1 fully saturated rings. The van der Waals surface area contributed by atoms with Gasteiger partial charge in [-0.15, -0.1) is 0 Å². The lowest BCUT2D eigenvalue weighted by Gasteiger charge is -2.26. The van der Waals surface area contributed by atoms with Crippen molar-refractivity contribution >= 4 is 17.6 Å². The van der Waals surface area contributed by atoms with Gasteiger partial charge in [0.2, 0.25) is 5.91 Å². The molecule has 7 heteroatoms. The average Bonchev–Trinajstić information content (AvgIpc) is 2.60. The smallest absolute Gasteiger partial charge is 0.244 e. The van der Waals surface area contributed by atoms with Crippen LogP contribution in [-0.4, -0.2) is 50.6 Å². The zero-order valence-electron chi connectivity index (χ0n) is 13.7. The van der Waals surface area contributed by atoms with E-state index in [9.17, 15) is 4.79 Å². The number of nitrogens with zero attached hydrogens (tertiary/aromatic N) is 2. The number of likely N-dealkylation sites (tertiary alicyclic amines) is 1. The molecule has 1 saturated heterocycles. The van der Waals surface area contributed by atoms with Gasteiger partial charge in [-0.3, -0.25) is 4.79 Å². The second-order valence-corrected chi connectivity index (χ2v) is 5.34. The van der Waals surface area contributed by atoms with Gasteiger partial charge < -0.3 is 25.4 Å². The Labute approximate surface area is 136 Å². The Balaban J connectivity index is 1.92. The van der Waals surface area contributed by atoms with E-state index in [0.717, 1.165) is 25.9 Å². The van der Waals surface area contributed by atoms with Crippen LogP contribution in [0.4, 0.5) is 5.69 Å². The number of aliphatic imine (C=N–C) groups is 1. The fourth-order valence-corrected chi connectivity index (χ4v) is 2.50. The van der Waals surface area contributed by atoms with Crippen molar-refractivity contribution in [2.24, 2.45) is 10.7 Å². The summed E-state index contributed by atoms with van der Waals surface area (Å²) in [6.07, 6.45) is 3.32. The molecule has 0 aliphatic carbocycles. The first-order chi connectivity index (χ1) is 11.1. The molecule has 1 aliphatic rings. The Morgan fingerprint density at radius 3 is 2.57 bits per heavy atom. The summed E-state index contributed by atoms with van der Waals surface area (Å²) in [6, 6.07) is 5.33. The highest BCUT2D eigenvalue weighted by Crippen LogP contribution is 2.29. The lowest BCUT2D eigenvalue weighted by molar-refractivity contribution is -0.130. The maximum Gasteiger partial charge on any atom is 0.244 e. The second-order valence-electron chi connectivity index (χ2n) is 5.34. The summed E-state index contributed by atoms with van der Waals surface area (Å²) in [5, 5.41) is 2.95. The number of rotatable bonds is 5. The van der Waals surface area contributed by atoms with E-state index in [0.29, 0.717) is 17.2 Å². The minimum Gasteiger partial charge on any atom is -0.493 e. The molecule has 1 aromatic rings. The number of ether oxygens (including phenoxy) is 2. The second kappa shape index (κ2) is 8.26. The molecule has 126 valence electrons. The van der Waals surface area contributed by atoms with Crippen LogP contribution in [0.1, 0.15) is 19.3 Å². The summed E-state index contributed by atoms with van der Waals surface area (Å²) in [5.41, 5.74) is 6.56. The number of anilines is 1. The molecular weight excluding hydrogens is 296 g/mol. The van der Waals surface area contributed by atoms with Crippen molar-refractivity contribution in [2.75, 3.05) is 39.2 Å². The Bertz CT molecular complexity index is 568. The van der Waals surface area contributed by atoms with E-state index in [4.69, 9.17) is 15.2 Å². The zero-order valence-corrected chi connectivity index (χ0v) is 13.7. The number of nitrogens with two attached hydrogens (primary N) is 1. The van der Waals surface area contributed by atoms with Crippen molar-refractivity contribution < 1.29 is 14.3 Å². The van der Waals surface area contributed by atoms with Gasteiger partial charge in [-0.25, -0.2) is 4.99 Å². The standard InChI is InChI=1S/C16H24N4O3/c1-22-13-7-6-12(10-14(13)23-2)19-16(17)18-11-15(21)20-8-4-3-5-9-20/h6-7,10H,3-5,8-9,11H2,1-2H3,(H3,17,18,19). The molecule has 0 radical (unpaired) electrons. The predicted molar refractivity (Wildman–Crippen MR) is 90.1 cm³/mol. The summed E-state index contributed by atoms with van der Waals surface area (Å²) in [6.45, 7) is 1.70. The Kier molecular flexibility index (Phi) is 6.08. The van der Waals surface area contributed by atoms with E-state index >= 15 is 0 Å². The molecular formula is C16H24N4O3. The number of benzene rings is 1. The number of carbonyl (C=O) groups excluding carboxylic acids is 1. The molecule has 0 bridgehead atoms. The van der Waals surface area contributed by atoms with Crippen LogP contribution in [0.15, 0.2) is 23.2 Å². The van der Waals surface area contributed by atoms with E-state index in [-0.39, 0.29) is 18.4 Å². The van der Waals surface area contributed by atoms with Crippen molar-refractivity contribution in [1.29, 1.82) is 0 Å². The summed E-state index contributed by atoms with van der Waals surface area (Å²) in [4.78, 5) is 18.0. The van der Waals surface area contributed by atoms with Crippen LogP contribution in [0, 0.1) is 0 Å². The number of amides is 1. The highest BCUT2D eigenvalue weighted by atomic mass is 16.5. The van der Waals surface area contributed by atoms with Crippen LogP contribution >= 0.6 is 0 Å². The number of nitrogens with one attached hydrogen (secondary N) is 1. The van der Waals surface area contributed by atoms with Crippen LogP contribution in [0.3, 0.4) is 0 Å². The molecule has 1 amide bonds. The normalized spacial score (nSPS) is 15.2. The van der Waals surface area contributed by atoms with Gasteiger partial charge in [0.05, 0.1) is 14.2 Å². The minimum absolute atomic E-state index is 0.0155. The Morgan fingerprint density at radius 1 is 1.22 bits per heavy atom. The van der Waals surface area contributed by atoms with Crippen LogP contribution in [0.2, 0.25) is 0 Å². The molecule has 0 spiro atoms. The molecule has 0 aromatic heterocycles. The van der Waals surface area contributed by atoms with Gasteiger partial charge >= 0.3 is 0 Å². The SMILES string of the molecule is COc1ccc(NC(N)=NCC(=O)N2CCCCC2)cc1OC. The highest BCUT2D eigenvalue weighted by molar-refractivity contribution is 5.94. The first-order valence-electron chi connectivity index (χ1n) is 7.71. The Hall–Kier alpha value is -2.44. The van der Waals surface area contributed by atoms with Crippen LogP contribution in [0.25, 0.3) is 0 Å². The third-order valence-corrected chi connectivity index (χ3v) is 3.75. The van der Waals surface area contributed by atoms with Gasteiger partial charge in [-0.05, 0) is 31.4 Å². The third kappa shape index (κ3) is 4.77. The van der Waals surface area contributed by atoms with E-state index in [1.54, 1.807) is 32.4 Å². The van der Waals surface area contributed by atoms with Gasteiger partial charge in [-0.2, -0.15) is 0 Å². The van der Waals surface area contributed by atoms with Crippen molar-refractivity contribution in [2.45, 2.75) is 19.3 Å². The summed E-state index contributed by atoms with van der Waals surface area (Å²) < 4.78 is 10.4. The zero-order chi connectivity index (χ0) is 16.7. The maximum atomic E-state index is 12.0. The van der Waals surface area contributed by atoms with Crippen molar-refractivity contribution in [1.82, 2.24) is 4.90 Å². The van der Waals surface area contributed by atoms with E-state index in [1.165, 1.54) is 6.42 Å². The molecule has 0 saturated carbocycles. The number of hydrogen-bond donors (Lipinski definition) is 2. The van der Waals surface area contributed by atoms with Gasteiger partial charge in [0, 0.05) is 24.8 Å². The van der Waals surface area contributed by atoms with E-state index < -0.39 is 0 Å². The molecule has 1 aliphatic heterocycles. The van der Waals surface area contributed by atoms with Gasteiger partial charge in [0.15, 0.2) is 17.5 Å². The number of piperidine rings is 1. The molecule has 0 unspecified atom stereocenters. The minimum atomic E-state index is 0.0155. The number of guanidine groups is 1. The molecule has 7 nitrogen and oxygen atoms in total. The molecule has 3 N–H and O–H groups in total. The predicted octanol–water partition coefficient (Wildman–Crippen LogP) is 1.44. The molecule has 1 heterocycles. The maximum absolute atomic E-state index is 12.0. The summed E-state index contributed by atoms with van der Waals surface area (Å²) in [5.74, 6) is 1.44. The van der Waals surface area contributed by atoms with Gasteiger partial charge in [0.25, 0.3) is 0 Å². The Morgan fingerprint density at radius 2 is 1.91 bits per heavy atom. The highest BCUT2D eigenvalue weighted by Gasteiger charge is 2.15. The van der Waals surface area contributed by atoms with Gasteiger partial charge in [0.1, 0.15) is 6.54 Å². The topological polar surface area (TPSA) is 89.2 Å². The first-order valence-corrected chi connectivity index (χ1v) is 7.71. The third-order valence-electron chi connectivity index (χ3n) is 3.75. The number of carbonyl (C=O) groups is 1. The van der Waals surface area contributed by atoms with Crippen LogP contribution in [-0.2, 0) is 4.79 Å².